The summed E-state index contributed by atoms with van der Waals surface area (Å²) in [6.07, 6.45) is 3.07. The van der Waals surface area contributed by atoms with E-state index in [4.69, 9.17) is 10.5 Å². The van der Waals surface area contributed by atoms with Gasteiger partial charge < -0.3 is 15.6 Å². The average Bonchev–Trinajstić information content (AvgIpc) is 2.19. The number of hydrogen-bond donors (Lipinski definition) is 2. The first-order valence-electron chi connectivity index (χ1n) is 4.42. The molecule has 2 atom stereocenters. The lowest BCUT2D eigenvalue weighted by Crippen LogP contribution is -2.39. The van der Waals surface area contributed by atoms with Crippen LogP contribution in [-0.2, 0) is 11.2 Å². The number of methoxy groups -OCH3 is 1. The Morgan fingerprint density at radius 3 is 2.60 bits per heavy atom. The monoisotopic (exact) mass is 233 g/mol. The molecule has 15 heavy (non-hydrogen) atoms. The van der Waals surface area contributed by atoms with Gasteiger partial charge in [0.25, 0.3) is 0 Å². The van der Waals surface area contributed by atoms with Crippen LogP contribution in [0.15, 0.2) is 18.5 Å². The molecule has 0 aliphatic heterocycles. The molecule has 3 N–H and O–H groups in total. The van der Waals surface area contributed by atoms with Gasteiger partial charge in [-0.05, 0) is 6.07 Å². The summed E-state index contributed by atoms with van der Waals surface area (Å²) in [5.41, 5.74) is 5.73. The summed E-state index contributed by atoms with van der Waals surface area (Å²) in [5.74, 6) is 0.634. The summed E-state index contributed by atoms with van der Waals surface area (Å²) < 4.78 is 4.79. The minimum absolute atomic E-state index is 0. The van der Waals surface area contributed by atoms with Crippen molar-refractivity contribution in [3.05, 3.63) is 24.3 Å². The molecular weight excluding hydrogens is 218 g/mol. The van der Waals surface area contributed by atoms with Gasteiger partial charge in [0.2, 0.25) is 0 Å². The lowest BCUT2D eigenvalue weighted by Gasteiger charge is -2.16. The molecule has 0 saturated heterocycles. The maximum Gasteiger partial charge on any atom is 0.129 e. The van der Waals surface area contributed by atoms with Gasteiger partial charge in [-0.15, -0.1) is 12.4 Å². The Kier molecular flexibility index (Phi) is 7.15. The van der Waals surface area contributed by atoms with Gasteiger partial charge in [0.15, 0.2) is 0 Å². The number of aromatic nitrogens is 2. The van der Waals surface area contributed by atoms with Crippen LogP contribution in [0.4, 0.5) is 0 Å². The second-order valence-electron chi connectivity index (χ2n) is 3.06. The fourth-order valence-corrected chi connectivity index (χ4v) is 1.08. The number of hydrogen-bond acceptors (Lipinski definition) is 5. The molecule has 0 radical (unpaired) electrons. The van der Waals surface area contributed by atoms with Crippen molar-refractivity contribution in [2.24, 2.45) is 5.73 Å². The fourth-order valence-electron chi connectivity index (χ4n) is 1.08. The van der Waals surface area contributed by atoms with Gasteiger partial charge in [-0.2, -0.15) is 0 Å². The number of nitrogens with two attached hydrogens (primary N) is 1. The van der Waals surface area contributed by atoms with Crippen LogP contribution in [-0.4, -0.2) is 40.9 Å². The van der Waals surface area contributed by atoms with E-state index in [0.717, 1.165) is 0 Å². The molecule has 0 amide bonds. The maximum atomic E-state index is 9.47. The Hall–Kier alpha value is -0.750. The molecule has 0 fully saturated rings. The number of aliphatic hydroxyl groups excluding tert-OH is 1. The van der Waals surface area contributed by atoms with Gasteiger partial charge >= 0.3 is 0 Å². The van der Waals surface area contributed by atoms with E-state index < -0.39 is 12.1 Å². The summed E-state index contributed by atoms with van der Waals surface area (Å²) in [5, 5.41) is 9.47. The Bertz CT molecular complexity index is 261. The van der Waals surface area contributed by atoms with Crippen molar-refractivity contribution < 1.29 is 9.84 Å². The first-order valence-corrected chi connectivity index (χ1v) is 4.42. The average molecular weight is 234 g/mol. The summed E-state index contributed by atoms with van der Waals surface area (Å²) in [6, 6.07) is 1.35. The van der Waals surface area contributed by atoms with Gasteiger partial charge in [0, 0.05) is 32.0 Å². The normalized spacial score (nSPS) is 14.1. The zero-order valence-corrected chi connectivity index (χ0v) is 9.35. The number of rotatable bonds is 5. The van der Waals surface area contributed by atoms with Crippen molar-refractivity contribution >= 4 is 12.4 Å². The molecule has 0 spiro atoms. The number of nitrogens with zero attached hydrogens (tertiary/aromatic N) is 2. The minimum Gasteiger partial charge on any atom is -0.389 e. The van der Waals surface area contributed by atoms with E-state index in [1.54, 1.807) is 18.5 Å². The second-order valence-corrected chi connectivity index (χ2v) is 3.06. The molecular formula is C9H16ClN3O2. The van der Waals surface area contributed by atoms with Crippen LogP contribution in [0, 0.1) is 0 Å². The predicted molar refractivity (Wildman–Crippen MR) is 58.8 cm³/mol. The third-order valence-electron chi connectivity index (χ3n) is 1.87. The van der Waals surface area contributed by atoms with E-state index in [1.165, 1.54) is 7.11 Å². The van der Waals surface area contributed by atoms with Crippen LogP contribution in [0.3, 0.4) is 0 Å². The minimum atomic E-state index is -0.677. The highest BCUT2D eigenvalue weighted by Crippen LogP contribution is 1.98. The molecule has 86 valence electrons. The Balaban J connectivity index is 0.00000196. The van der Waals surface area contributed by atoms with Gasteiger partial charge in [0.1, 0.15) is 5.82 Å². The summed E-state index contributed by atoms with van der Waals surface area (Å²) in [7, 11) is 1.52. The van der Waals surface area contributed by atoms with Crippen LogP contribution >= 0.6 is 12.4 Å². The molecule has 1 rings (SSSR count). The fraction of sp³-hybridized carbons (Fsp3) is 0.556. The van der Waals surface area contributed by atoms with Crippen molar-refractivity contribution in [2.75, 3.05) is 13.7 Å². The van der Waals surface area contributed by atoms with Crippen LogP contribution in [0.2, 0.25) is 0 Å². The van der Waals surface area contributed by atoms with Crippen molar-refractivity contribution in [3.63, 3.8) is 0 Å². The van der Waals surface area contributed by atoms with Crippen molar-refractivity contribution in [1.29, 1.82) is 0 Å². The predicted octanol–water partition coefficient (Wildman–Crippen LogP) is -0.224. The highest BCUT2D eigenvalue weighted by Gasteiger charge is 2.15. The first kappa shape index (κ1) is 14.2. The molecule has 0 aromatic carbocycles. The Labute approximate surface area is 95.1 Å². The quantitative estimate of drug-likeness (QED) is 0.735. The lowest BCUT2D eigenvalue weighted by atomic mass is 10.1. The van der Waals surface area contributed by atoms with Crippen LogP contribution < -0.4 is 5.73 Å². The van der Waals surface area contributed by atoms with E-state index >= 15 is 0 Å². The summed E-state index contributed by atoms with van der Waals surface area (Å²) in [4.78, 5) is 8.04. The smallest absolute Gasteiger partial charge is 0.129 e. The highest BCUT2D eigenvalue weighted by molar-refractivity contribution is 5.85. The number of ether oxygens (including phenoxy) is 1. The van der Waals surface area contributed by atoms with E-state index in [2.05, 4.69) is 9.97 Å². The third-order valence-corrected chi connectivity index (χ3v) is 1.87. The molecule has 0 bridgehead atoms. The van der Waals surface area contributed by atoms with Crippen molar-refractivity contribution in [2.45, 2.75) is 18.6 Å². The molecule has 5 nitrogen and oxygen atoms in total. The number of aliphatic hydroxyl groups is 1. The molecule has 1 aromatic rings. The molecule has 0 unspecified atom stereocenters. The molecule has 1 heterocycles. The van der Waals surface area contributed by atoms with Crippen molar-refractivity contribution in [1.82, 2.24) is 9.97 Å². The van der Waals surface area contributed by atoms with E-state index in [9.17, 15) is 5.11 Å². The van der Waals surface area contributed by atoms with Crippen LogP contribution in [0.5, 0.6) is 0 Å². The van der Waals surface area contributed by atoms with E-state index in [1.807, 2.05) is 0 Å². The lowest BCUT2D eigenvalue weighted by molar-refractivity contribution is 0.0476. The second kappa shape index (κ2) is 7.53. The van der Waals surface area contributed by atoms with Gasteiger partial charge in [-0.1, -0.05) is 0 Å². The molecule has 1 aromatic heterocycles. The standard InChI is InChI=1S/C9H15N3O2.ClH/c1-14-6-8(13)7(10)5-9-11-3-2-4-12-9;/h2-4,7-8,13H,5-6,10H2,1H3;1H/t7-,8-;/m1./s1. The van der Waals surface area contributed by atoms with Gasteiger partial charge in [-0.25, -0.2) is 9.97 Å². The molecule has 0 aliphatic carbocycles. The largest absolute Gasteiger partial charge is 0.389 e. The number of halogens is 1. The zero-order chi connectivity index (χ0) is 10.4. The van der Waals surface area contributed by atoms with Gasteiger partial charge in [0.05, 0.1) is 12.7 Å². The summed E-state index contributed by atoms with van der Waals surface area (Å²) >= 11 is 0. The summed E-state index contributed by atoms with van der Waals surface area (Å²) in [6.45, 7) is 0.230. The zero-order valence-electron chi connectivity index (χ0n) is 8.54. The molecule has 6 heteroatoms. The van der Waals surface area contributed by atoms with E-state index in [-0.39, 0.29) is 19.0 Å². The Morgan fingerprint density at radius 2 is 2.07 bits per heavy atom. The topological polar surface area (TPSA) is 81.3 Å². The molecule has 0 aliphatic rings. The first-order chi connectivity index (χ1) is 6.74. The van der Waals surface area contributed by atoms with Gasteiger partial charge in [-0.3, -0.25) is 0 Å². The molecule has 0 saturated carbocycles. The SMILES string of the molecule is COC[C@@H](O)[C@H](N)Cc1ncccn1.Cl. The highest BCUT2D eigenvalue weighted by atomic mass is 35.5. The maximum absolute atomic E-state index is 9.47. The Morgan fingerprint density at radius 1 is 1.47 bits per heavy atom. The van der Waals surface area contributed by atoms with E-state index in [0.29, 0.717) is 12.2 Å². The van der Waals surface area contributed by atoms with Crippen LogP contribution in [0.1, 0.15) is 5.82 Å². The van der Waals surface area contributed by atoms with Crippen molar-refractivity contribution in [3.8, 4) is 0 Å². The third kappa shape index (κ3) is 5.03. The van der Waals surface area contributed by atoms with Crippen LogP contribution in [0.25, 0.3) is 0 Å².